The molecular formula is C13H11NO3. The van der Waals surface area contributed by atoms with E-state index in [0.717, 1.165) is 5.75 Å². The first-order chi connectivity index (χ1) is 8.29. The molecule has 2 rings (SSSR count). The van der Waals surface area contributed by atoms with E-state index in [-0.39, 0.29) is 0 Å². The first-order valence-corrected chi connectivity index (χ1v) is 5.07. The summed E-state index contributed by atoms with van der Waals surface area (Å²) in [7, 11) is 0. The summed E-state index contributed by atoms with van der Waals surface area (Å²) in [6.45, 7) is 0. The molecule has 0 heterocycles. The highest BCUT2D eigenvalue weighted by Gasteiger charge is 2.03. The predicted octanol–water partition coefficient (Wildman–Crippen LogP) is 2.60. The molecule has 0 atom stereocenters. The Bertz CT molecular complexity index is 494. The summed E-state index contributed by atoms with van der Waals surface area (Å²) in [5.74, 6) is 0.814. The molecule has 0 spiro atoms. The normalized spacial score (nSPS) is 9.71. The van der Waals surface area contributed by atoms with Gasteiger partial charge >= 0.3 is 0 Å². The van der Waals surface area contributed by atoms with Gasteiger partial charge in [-0.2, -0.15) is 0 Å². The minimum Gasteiger partial charge on any atom is -0.457 e. The van der Waals surface area contributed by atoms with E-state index >= 15 is 0 Å². The summed E-state index contributed by atoms with van der Waals surface area (Å²) in [5, 5.41) is 8.46. The number of rotatable bonds is 3. The number of carbonyl (C=O) groups is 1. The summed E-state index contributed by atoms with van der Waals surface area (Å²) in [5.41, 5.74) is 1.94. The van der Waals surface area contributed by atoms with Crippen LogP contribution in [-0.4, -0.2) is 11.1 Å². The van der Waals surface area contributed by atoms with Gasteiger partial charge in [-0.25, -0.2) is 5.48 Å². The highest BCUT2D eigenvalue weighted by molar-refractivity contribution is 5.93. The maximum atomic E-state index is 11.1. The maximum absolute atomic E-state index is 11.1. The van der Waals surface area contributed by atoms with Crippen LogP contribution in [0.2, 0.25) is 0 Å². The van der Waals surface area contributed by atoms with Crippen molar-refractivity contribution in [1.82, 2.24) is 5.48 Å². The topological polar surface area (TPSA) is 58.6 Å². The molecule has 86 valence electrons. The van der Waals surface area contributed by atoms with Gasteiger partial charge in [0.05, 0.1) is 0 Å². The average molecular weight is 229 g/mol. The van der Waals surface area contributed by atoms with E-state index in [2.05, 4.69) is 0 Å². The lowest BCUT2D eigenvalue weighted by Gasteiger charge is -2.05. The molecule has 0 aliphatic carbocycles. The number of amides is 1. The van der Waals surface area contributed by atoms with Crippen LogP contribution in [0.4, 0.5) is 0 Å². The summed E-state index contributed by atoms with van der Waals surface area (Å²) >= 11 is 0. The maximum Gasteiger partial charge on any atom is 0.274 e. The minimum atomic E-state index is -0.545. The van der Waals surface area contributed by atoms with Crippen molar-refractivity contribution in [3.05, 3.63) is 60.2 Å². The van der Waals surface area contributed by atoms with E-state index in [1.165, 1.54) is 0 Å². The zero-order valence-corrected chi connectivity index (χ0v) is 8.96. The number of hydroxylamine groups is 1. The number of carbonyl (C=O) groups excluding carboxylic acids is 1. The van der Waals surface area contributed by atoms with Crippen molar-refractivity contribution in [2.45, 2.75) is 0 Å². The highest BCUT2D eigenvalue weighted by atomic mass is 16.5. The Morgan fingerprint density at radius 1 is 0.941 bits per heavy atom. The van der Waals surface area contributed by atoms with Crippen molar-refractivity contribution in [3.63, 3.8) is 0 Å². The van der Waals surface area contributed by atoms with Gasteiger partial charge in [-0.3, -0.25) is 10.0 Å². The predicted molar refractivity (Wildman–Crippen MR) is 62.2 cm³/mol. The van der Waals surface area contributed by atoms with E-state index in [9.17, 15) is 4.79 Å². The molecule has 0 radical (unpaired) electrons. The molecule has 0 aliphatic heterocycles. The lowest BCUT2D eigenvalue weighted by atomic mass is 10.2. The van der Waals surface area contributed by atoms with Crippen molar-refractivity contribution in [2.24, 2.45) is 0 Å². The Balaban J connectivity index is 2.11. The third kappa shape index (κ3) is 2.83. The van der Waals surface area contributed by atoms with Crippen LogP contribution >= 0.6 is 0 Å². The summed E-state index contributed by atoms with van der Waals surface area (Å²) in [6.07, 6.45) is 0. The molecule has 17 heavy (non-hydrogen) atoms. The zero-order valence-electron chi connectivity index (χ0n) is 8.96. The number of nitrogens with one attached hydrogen (secondary N) is 1. The fraction of sp³-hybridized carbons (Fsp3) is 0. The number of ether oxygens (including phenoxy) is 1. The number of hydrogen-bond donors (Lipinski definition) is 2. The van der Waals surface area contributed by atoms with E-state index in [0.29, 0.717) is 11.3 Å². The molecule has 0 aromatic heterocycles. The summed E-state index contributed by atoms with van der Waals surface area (Å²) < 4.78 is 5.55. The Hall–Kier alpha value is -2.33. The first kappa shape index (κ1) is 11.2. The smallest absolute Gasteiger partial charge is 0.274 e. The fourth-order valence-electron chi connectivity index (χ4n) is 1.36. The molecule has 1 amide bonds. The highest BCUT2D eigenvalue weighted by Crippen LogP contribution is 2.20. The lowest BCUT2D eigenvalue weighted by Crippen LogP contribution is -2.18. The minimum absolute atomic E-state index is 0.368. The number of para-hydroxylation sites is 1. The van der Waals surface area contributed by atoms with Crippen molar-refractivity contribution < 1.29 is 14.7 Å². The van der Waals surface area contributed by atoms with E-state index in [1.54, 1.807) is 29.7 Å². The van der Waals surface area contributed by atoms with Gasteiger partial charge in [0.2, 0.25) is 0 Å². The molecule has 0 fully saturated rings. The van der Waals surface area contributed by atoms with Crippen LogP contribution in [0.15, 0.2) is 54.6 Å². The Morgan fingerprint density at radius 2 is 1.53 bits per heavy atom. The third-order valence-corrected chi connectivity index (χ3v) is 2.20. The largest absolute Gasteiger partial charge is 0.457 e. The first-order valence-electron chi connectivity index (χ1n) is 5.07. The van der Waals surface area contributed by atoms with Crippen LogP contribution in [0.3, 0.4) is 0 Å². The van der Waals surface area contributed by atoms with Gasteiger partial charge in [0.15, 0.2) is 0 Å². The number of hydrogen-bond acceptors (Lipinski definition) is 3. The van der Waals surface area contributed by atoms with Gasteiger partial charge in [-0.1, -0.05) is 18.2 Å². The molecular weight excluding hydrogens is 218 g/mol. The van der Waals surface area contributed by atoms with Crippen molar-refractivity contribution in [1.29, 1.82) is 0 Å². The molecule has 2 N–H and O–H groups in total. The van der Waals surface area contributed by atoms with Gasteiger partial charge in [0.25, 0.3) is 5.91 Å². The van der Waals surface area contributed by atoms with Gasteiger partial charge in [0.1, 0.15) is 11.5 Å². The van der Waals surface area contributed by atoms with Crippen molar-refractivity contribution in [2.75, 3.05) is 0 Å². The molecule has 0 aliphatic rings. The van der Waals surface area contributed by atoms with Crippen LogP contribution in [0, 0.1) is 0 Å². The average Bonchev–Trinajstić information content (AvgIpc) is 2.40. The lowest BCUT2D eigenvalue weighted by molar-refractivity contribution is 0.0706. The zero-order chi connectivity index (χ0) is 12.1. The van der Waals surface area contributed by atoms with Crippen LogP contribution in [0.1, 0.15) is 10.4 Å². The van der Waals surface area contributed by atoms with Crippen LogP contribution < -0.4 is 10.2 Å². The second kappa shape index (κ2) is 5.14. The third-order valence-electron chi connectivity index (χ3n) is 2.20. The van der Waals surface area contributed by atoms with Crippen LogP contribution in [-0.2, 0) is 0 Å². The summed E-state index contributed by atoms with van der Waals surface area (Å²) in [4.78, 5) is 11.1. The second-order valence-corrected chi connectivity index (χ2v) is 3.38. The molecule has 4 heteroatoms. The van der Waals surface area contributed by atoms with Gasteiger partial charge in [-0.15, -0.1) is 0 Å². The molecule has 2 aromatic carbocycles. The quantitative estimate of drug-likeness (QED) is 0.628. The van der Waals surface area contributed by atoms with Gasteiger partial charge in [-0.05, 0) is 36.4 Å². The van der Waals surface area contributed by atoms with Crippen molar-refractivity contribution in [3.8, 4) is 11.5 Å². The van der Waals surface area contributed by atoms with Crippen LogP contribution in [0.5, 0.6) is 11.5 Å². The van der Waals surface area contributed by atoms with E-state index in [1.807, 2.05) is 30.3 Å². The molecule has 2 aromatic rings. The number of benzene rings is 2. The van der Waals surface area contributed by atoms with Crippen LogP contribution in [0.25, 0.3) is 0 Å². The standard InChI is InChI=1S/C13H11NO3/c15-13(14-16)10-6-8-12(9-7-10)17-11-4-2-1-3-5-11/h1-9,16H,(H,14,15). The Labute approximate surface area is 98.4 Å². The van der Waals surface area contributed by atoms with Gasteiger partial charge in [0, 0.05) is 5.56 Å². The summed E-state index contributed by atoms with van der Waals surface area (Å²) in [6, 6.07) is 15.8. The Kier molecular flexibility index (Phi) is 3.37. The van der Waals surface area contributed by atoms with Gasteiger partial charge < -0.3 is 4.74 Å². The van der Waals surface area contributed by atoms with Crippen molar-refractivity contribution >= 4 is 5.91 Å². The van der Waals surface area contributed by atoms with E-state index in [4.69, 9.17) is 9.94 Å². The monoisotopic (exact) mass is 229 g/mol. The molecule has 0 saturated carbocycles. The SMILES string of the molecule is O=C(NO)c1ccc(Oc2ccccc2)cc1. The molecule has 0 bridgehead atoms. The fourth-order valence-corrected chi connectivity index (χ4v) is 1.36. The molecule has 0 saturated heterocycles. The molecule has 0 unspecified atom stereocenters. The second-order valence-electron chi connectivity index (χ2n) is 3.38. The molecule has 4 nitrogen and oxygen atoms in total. The van der Waals surface area contributed by atoms with E-state index < -0.39 is 5.91 Å². The Morgan fingerprint density at radius 3 is 2.12 bits per heavy atom.